The molecule has 0 aromatic rings. The Labute approximate surface area is 148 Å². The topological polar surface area (TPSA) is 80.9 Å². The summed E-state index contributed by atoms with van der Waals surface area (Å²) < 4.78 is 0. The van der Waals surface area contributed by atoms with Crippen molar-refractivity contribution in [3.63, 3.8) is 0 Å². The first-order chi connectivity index (χ1) is 11.7. The largest absolute Gasteiger partial charge is 0.396 e. The van der Waals surface area contributed by atoms with Crippen LogP contribution in [-0.4, -0.2) is 46.9 Å². The van der Waals surface area contributed by atoms with Crippen LogP contribution >= 0.6 is 0 Å². The van der Waals surface area contributed by atoms with Crippen molar-refractivity contribution in [2.24, 2.45) is 10.8 Å². The van der Waals surface area contributed by atoms with Gasteiger partial charge in [-0.1, -0.05) is 77.0 Å². The van der Waals surface area contributed by atoms with Crippen LogP contribution in [0.25, 0.3) is 0 Å². The molecule has 0 saturated heterocycles. The third-order valence-corrected chi connectivity index (χ3v) is 6.40. The Morgan fingerprint density at radius 3 is 0.792 bits per heavy atom. The summed E-state index contributed by atoms with van der Waals surface area (Å²) in [7, 11) is 0. The van der Waals surface area contributed by atoms with Crippen molar-refractivity contribution in [2.75, 3.05) is 26.4 Å². The van der Waals surface area contributed by atoms with E-state index in [1.165, 1.54) is 51.4 Å². The minimum absolute atomic E-state index is 0.176. The third-order valence-electron chi connectivity index (χ3n) is 6.40. The second-order valence-corrected chi connectivity index (χ2v) is 7.94. The molecule has 1 saturated carbocycles. The van der Waals surface area contributed by atoms with Gasteiger partial charge in [-0.05, 0) is 12.8 Å². The van der Waals surface area contributed by atoms with Crippen LogP contribution in [0, 0.1) is 10.8 Å². The van der Waals surface area contributed by atoms with Crippen molar-refractivity contribution >= 4 is 0 Å². The third kappa shape index (κ3) is 5.98. The second kappa shape index (κ2) is 12.2. The second-order valence-electron chi connectivity index (χ2n) is 7.94. The van der Waals surface area contributed by atoms with E-state index >= 15 is 0 Å². The summed E-state index contributed by atoms with van der Waals surface area (Å²) in [6, 6.07) is 0. The highest BCUT2D eigenvalue weighted by Crippen LogP contribution is 2.46. The first-order valence-electron chi connectivity index (χ1n) is 10.1. The summed E-state index contributed by atoms with van der Waals surface area (Å²) in [5, 5.41) is 40.2. The molecule has 0 atom stereocenters. The highest BCUT2D eigenvalue weighted by Gasteiger charge is 2.49. The van der Waals surface area contributed by atoms with Crippen molar-refractivity contribution in [2.45, 2.75) is 89.9 Å². The molecule has 144 valence electrons. The Balaban J connectivity index is 2.80. The summed E-state index contributed by atoms with van der Waals surface area (Å²) in [4.78, 5) is 0. The maximum absolute atomic E-state index is 10.0. The maximum atomic E-state index is 10.0. The van der Waals surface area contributed by atoms with Gasteiger partial charge in [-0.3, -0.25) is 0 Å². The van der Waals surface area contributed by atoms with Crippen LogP contribution in [0.15, 0.2) is 0 Å². The smallest absolute Gasteiger partial charge is 0.0516 e. The maximum Gasteiger partial charge on any atom is 0.0516 e. The fourth-order valence-corrected chi connectivity index (χ4v) is 4.31. The van der Waals surface area contributed by atoms with Crippen LogP contribution in [0.1, 0.15) is 89.9 Å². The van der Waals surface area contributed by atoms with Gasteiger partial charge in [0.2, 0.25) is 0 Å². The Morgan fingerprint density at radius 1 is 0.375 bits per heavy atom. The number of rotatable bonds is 4. The molecule has 0 spiro atoms. The molecular weight excluding hydrogens is 304 g/mol. The predicted molar refractivity (Wildman–Crippen MR) is 97.8 cm³/mol. The van der Waals surface area contributed by atoms with Crippen LogP contribution in [0.3, 0.4) is 0 Å². The summed E-state index contributed by atoms with van der Waals surface area (Å²) in [6.07, 6.45) is 15.6. The normalized spacial score (nSPS) is 24.5. The van der Waals surface area contributed by atoms with Gasteiger partial charge in [0.1, 0.15) is 0 Å². The molecule has 1 aliphatic rings. The fourth-order valence-electron chi connectivity index (χ4n) is 4.31. The molecule has 0 radical (unpaired) electrons. The zero-order valence-corrected chi connectivity index (χ0v) is 15.5. The van der Waals surface area contributed by atoms with Crippen molar-refractivity contribution in [3.05, 3.63) is 0 Å². The molecule has 0 unspecified atom stereocenters. The molecule has 0 bridgehead atoms. The van der Waals surface area contributed by atoms with Gasteiger partial charge in [0, 0.05) is 10.8 Å². The van der Waals surface area contributed by atoms with Gasteiger partial charge in [-0.25, -0.2) is 0 Å². The van der Waals surface area contributed by atoms with Gasteiger partial charge in [0.25, 0.3) is 0 Å². The van der Waals surface area contributed by atoms with E-state index in [-0.39, 0.29) is 26.4 Å². The molecule has 4 nitrogen and oxygen atoms in total. The lowest BCUT2D eigenvalue weighted by Gasteiger charge is -2.47. The molecule has 4 N–H and O–H groups in total. The monoisotopic (exact) mass is 344 g/mol. The Morgan fingerprint density at radius 2 is 0.583 bits per heavy atom. The van der Waals surface area contributed by atoms with Crippen LogP contribution < -0.4 is 0 Å². The highest BCUT2D eigenvalue weighted by atomic mass is 16.3. The minimum atomic E-state index is -0.784. The van der Waals surface area contributed by atoms with Crippen molar-refractivity contribution in [3.8, 4) is 0 Å². The van der Waals surface area contributed by atoms with Gasteiger partial charge >= 0.3 is 0 Å². The van der Waals surface area contributed by atoms with Crippen molar-refractivity contribution < 1.29 is 20.4 Å². The molecule has 1 aliphatic carbocycles. The van der Waals surface area contributed by atoms with Crippen LogP contribution in [0.2, 0.25) is 0 Å². The molecule has 0 aromatic carbocycles. The molecule has 0 aromatic heterocycles. The van der Waals surface area contributed by atoms with Gasteiger partial charge in [0.15, 0.2) is 0 Å². The molecule has 24 heavy (non-hydrogen) atoms. The Hall–Kier alpha value is -0.160. The zero-order chi connectivity index (χ0) is 17.7. The summed E-state index contributed by atoms with van der Waals surface area (Å²) >= 11 is 0. The number of hydrogen-bond donors (Lipinski definition) is 4. The Bertz CT molecular complexity index is 268. The average Bonchev–Trinajstić information content (AvgIpc) is 2.62. The van der Waals surface area contributed by atoms with E-state index in [0.717, 1.165) is 25.7 Å². The molecule has 4 heteroatoms. The molecule has 1 rings (SSSR count). The summed E-state index contributed by atoms with van der Waals surface area (Å²) in [5.74, 6) is 0. The van der Waals surface area contributed by atoms with Gasteiger partial charge in [-0.15, -0.1) is 0 Å². The standard InChI is InChI=1S/C20H40O4/c21-15-19(16-22)13-11-9-7-5-3-1-2-4-6-8-10-12-14-20(19,17-23)18-24/h21-24H,1-18H2. The van der Waals surface area contributed by atoms with Crippen LogP contribution in [0.5, 0.6) is 0 Å². The number of aliphatic hydroxyl groups excluding tert-OH is 4. The van der Waals surface area contributed by atoms with E-state index in [9.17, 15) is 20.4 Å². The molecule has 0 heterocycles. The molecule has 1 fully saturated rings. The lowest BCUT2D eigenvalue weighted by atomic mass is 9.60. The zero-order valence-electron chi connectivity index (χ0n) is 15.5. The predicted octanol–water partition coefficient (Wildman–Crippen LogP) is 3.40. The summed E-state index contributed by atoms with van der Waals surface area (Å²) in [6.45, 7) is -0.704. The SMILES string of the molecule is OCC1(CO)CCCCCCCCCCCCCCC1(CO)CO. The van der Waals surface area contributed by atoms with E-state index in [4.69, 9.17) is 0 Å². The van der Waals surface area contributed by atoms with Gasteiger partial charge in [0.05, 0.1) is 26.4 Å². The fraction of sp³-hybridized carbons (Fsp3) is 1.00. The van der Waals surface area contributed by atoms with Crippen LogP contribution in [0.4, 0.5) is 0 Å². The number of hydrogen-bond acceptors (Lipinski definition) is 4. The van der Waals surface area contributed by atoms with Gasteiger partial charge in [-0.2, -0.15) is 0 Å². The van der Waals surface area contributed by atoms with Crippen molar-refractivity contribution in [1.82, 2.24) is 0 Å². The highest BCUT2D eigenvalue weighted by molar-refractivity contribution is 4.97. The van der Waals surface area contributed by atoms with E-state index in [1.54, 1.807) is 0 Å². The van der Waals surface area contributed by atoms with E-state index < -0.39 is 10.8 Å². The molecular formula is C20H40O4. The Kier molecular flexibility index (Phi) is 11.2. The summed E-state index contributed by atoms with van der Waals surface area (Å²) in [5.41, 5.74) is -1.57. The minimum Gasteiger partial charge on any atom is -0.396 e. The van der Waals surface area contributed by atoms with Gasteiger partial charge < -0.3 is 20.4 Å². The van der Waals surface area contributed by atoms with E-state index in [2.05, 4.69) is 0 Å². The van der Waals surface area contributed by atoms with E-state index in [0.29, 0.717) is 12.8 Å². The van der Waals surface area contributed by atoms with Crippen molar-refractivity contribution in [1.29, 1.82) is 0 Å². The number of aliphatic hydroxyl groups is 4. The first-order valence-corrected chi connectivity index (χ1v) is 10.1. The first kappa shape index (κ1) is 21.9. The van der Waals surface area contributed by atoms with Crippen LogP contribution in [-0.2, 0) is 0 Å². The lowest BCUT2D eigenvalue weighted by Crippen LogP contribution is -2.52. The lowest BCUT2D eigenvalue weighted by molar-refractivity contribution is -0.124. The molecule has 0 aliphatic heterocycles. The molecule has 0 amide bonds. The average molecular weight is 345 g/mol. The quantitative estimate of drug-likeness (QED) is 0.630. The van der Waals surface area contributed by atoms with E-state index in [1.807, 2.05) is 0 Å².